The quantitative estimate of drug-likeness (QED) is 0.561. The summed E-state index contributed by atoms with van der Waals surface area (Å²) < 4.78 is 0. The van der Waals surface area contributed by atoms with Crippen LogP contribution in [0.3, 0.4) is 0 Å². The predicted molar refractivity (Wildman–Crippen MR) is 110 cm³/mol. The number of hydrogen-bond acceptors (Lipinski definition) is 1. The molecule has 2 aromatic carbocycles. The molecule has 0 aliphatic heterocycles. The van der Waals surface area contributed by atoms with Gasteiger partial charge in [-0.05, 0) is 76.3 Å². The van der Waals surface area contributed by atoms with Crippen molar-refractivity contribution in [2.24, 2.45) is 0 Å². The third-order valence-corrected chi connectivity index (χ3v) is 5.59. The fourth-order valence-electron chi connectivity index (χ4n) is 4.34. The van der Waals surface area contributed by atoms with E-state index in [9.17, 15) is 0 Å². The second kappa shape index (κ2) is 6.42. The summed E-state index contributed by atoms with van der Waals surface area (Å²) in [7, 11) is 0. The normalized spacial score (nSPS) is 14.8. The SMILES string of the molecule is C1=Cc2ccc3c(c2CC1)CCc1c(/C=C/c2cccnc2)cccc1-3. The van der Waals surface area contributed by atoms with E-state index in [1.54, 1.807) is 11.1 Å². The molecule has 2 aliphatic rings. The van der Waals surface area contributed by atoms with Gasteiger partial charge in [-0.3, -0.25) is 4.98 Å². The molecular formula is C25H21N. The molecule has 0 atom stereocenters. The van der Waals surface area contributed by atoms with E-state index in [4.69, 9.17) is 0 Å². The molecule has 2 aliphatic carbocycles. The molecule has 1 heterocycles. The average molecular weight is 335 g/mol. The second-order valence-corrected chi connectivity index (χ2v) is 7.09. The van der Waals surface area contributed by atoms with E-state index in [1.807, 2.05) is 18.5 Å². The predicted octanol–water partition coefficient (Wildman–Crippen LogP) is 5.98. The summed E-state index contributed by atoms with van der Waals surface area (Å²) >= 11 is 0. The van der Waals surface area contributed by atoms with Crippen molar-refractivity contribution in [1.82, 2.24) is 4.98 Å². The minimum Gasteiger partial charge on any atom is -0.264 e. The number of pyridine rings is 1. The van der Waals surface area contributed by atoms with Crippen LogP contribution in [0.1, 0.15) is 39.8 Å². The number of allylic oxidation sites excluding steroid dienone is 1. The van der Waals surface area contributed by atoms with Crippen molar-refractivity contribution in [2.75, 3.05) is 0 Å². The van der Waals surface area contributed by atoms with Gasteiger partial charge in [-0.15, -0.1) is 0 Å². The van der Waals surface area contributed by atoms with E-state index in [-0.39, 0.29) is 0 Å². The highest BCUT2D eigenvalue weighted by molar-refractivity contribution is 5.82. The van der Waals surface area contributed by atoms with Gasteiger partial charge in [0.25, 0.3) is 0 Å². The zero-order valence-corrected chi connectivity index (χ0v) is 14.8. The molecule has 1 aromatic heterocycles. The zero-order chi connectivity index (χ0) is 17.3. The smallest absolute Gasteiger partial charge is 0.0340 e. The Morgan fingerprint density at radius 2 is 1.69 bits per heavy atom. The van der Waals surface area contributed by atoms with Gasteiger partial charge in [-0.2, -0.15) is 0 Å². The van der Waals surface area contributed by atoms with Crippen LogP contribution in [0.5, 0.6) is 0 Å². The van der Waals surface area contributed by atoms with Crippen molar-refractivity contribution in [1.29, 1.82) is 0 Å². The Hall–Kier alpha value is -2.93. The Labute approximate surface area is 154 Å². The second-order valence-electron chi connectivity index (χ2n) is 7.09. The number of rotatable bonds is 2. The van der Waals surface area contributed by atoms with E-state index >= 15 is 0 Å². The number of aromatic nitrogens is 1. The molecule has 1 nitrogen and oxygen atoms in total. The van der Waals surface area contributed by atoms with Gasteiger partial charge in [-0.25, -0.2) is 0 Å². The summed E-state index contributed by atoms with van der Waals surface area (Å²) in [5.41, 5.74) is 11.4. The molecule has 126 valence electrons. The van der Waals surface area contributed by atoms with Gasteiger partial charge in [0.05, 0.1) is 0 Å². The topological polar surface area (TPSA) is 12.9 Å². The summed E-state index contributed by atoms with van der Waals surface area (Å²) in [4.78, 5) is 4.20. The van der Waals surface area contributed by atoms with E-state index in [2.05, 4.69) is 65.7 Å². The highest BCUT2D eigenvalue weighted by atomic mass is 14.6. The third kappa shape index (κ3) is 2.61. The van der Waals surface area contributed by atoms with Crippen LogP contribution in [-0.2, 0) is 19.3 Å². The summed E-state index contributed by atoms with van der Waals surface area (Å²) in [5, 5.41) is 0. The first-order valence-corrected chi connectivity index (χ1v) is 9.42. The van der Waals surface area contributed by atoms with E-state index in [0.717, 1.165) is 18.4 Å². The molecule has 0 amide bonds. The average Bonchev–Trinajstić information content (AvgIpc) is 2.72. The molecule has 3 aromatic rings. The minimum atomic E-state index is 1.12. The van der Waals surface area contributed by atoms with Crippen molar-refractivity contribution < 1.29 is 0 Å². The van der Waals surface area contributed by atoms with Gasteiger partial charge in [0.15, 0.2) is 0 Å². The Morgan fingerprint density at radius 1 is 0.769 bits per heavy atom. The fourth-order valence-corrected chi connectivity index (χ4v) is 4.34. The van der Waals surface area contributed by atoms with Gasteiger partial charge >= 0.3 is 0 Å². The van der Waals surface area contributed by atoms with Crippen molar-refractivity contribution in [2.45, 2.75) is 25.7 Å². The van der Waals surface area contributed by atoms with Crippen LogP contribution in [0.2, 0.25) is 0 Å². The van der Waals surface area contributed by atoms with Crippen LogP contribution >= 0.6 is 0 Å². The molecule has 0 saturated heterocycles. The maximum Gasteiger partial charge on any atom is 0.0340 e. The molecule has 0 saturated carbocycles. The van der Waals surface area contributed by atoms with Crippen LogP contribution in [0.25, 0.3) is 29.4 Å². The molecule has 5 rings (SSSR count). The Bertz CT molecular complexity index is 1030. The monoisotopic (exact) mass is 335 g/mol. The van der Waals surface area contributed by atoms with Crippen LogP contribution in [-0.4, -0.2) is 4.98 Å². The molecule has 0 spiro atoms. The van der Waals surface area contributed by atoms with Crippen molar-refractivity contribution in [3.05, 3.63) is 94.3 Å². The van der Waals surface area contributed by atoms with Crippen molar-refractivity contribution in [3.8, 4) is 11.1 Å². The molecule has 1 heteroatoms. The van der Waals surface area contributed by atoms with Gasteiger partial charge < -0.3 is 0 Å². The number of hydrogen-bond donors (Lipinski definition) is 0. The Kier molecular flexibility index (Phi) is 3.79. The van der Waals surface area contributed by atoms with Crippen LogP contribution in [0, 0.1) is 0 Å². The van der Waals surface area contributed by atoms with E-state index in [0.29, 0.717) is 0 Å². The van der Waals surface area contributed by atoms with Gasteiger partial charge in [0.1, 0.15) is 0 Å². The molecule has 0 unspecified atom stereocenters. The van der Waals surface area contributed by atoms with Crippen molar-refractivity contribution in [3.63, 3.8) is 0 Å². The van der Waals surface area contributed by atoms with Gasteiger partial charge in [0, 0.05) is 12.4 Å². The molecule has 0 bridgehead atoms. The zero-order valence-electron chi connectivity index (χ0n) is 14.8. The Morgan fingerprint density at radius 3 is 2.62 bits per heavy atom. The van der Waals surface area contributed by atoms with E-state index in [1.165, 1.54) is 40.7 Å². The summed E-state index contributed by atoms with van der Waals surface area (Å²) in [6.45, 7) is 0. The van der Waals surface area contributed by atoms with Gasteiger partial charge in [0.2, 0.25) is 0 Å². The van der Waals surface area contributed by atoms with Crippen LogP contribution < -0.4 is 0 Å². The largest absolute Gasteiger partial charge is 0.264 e. The third-order valence-electron chi connectivity index (χ3n) is 5.59. The molecule has 0 fully saturated rings. The lowest BCUT2D eigenvalue weighted by atomic mass is 9.78. The van der Waals surface area contributed by atoms with Crippen LogP contribution in [0.15, 0.2) is 60.9 Å². The van der Waals surface area contributed by atoms with Crippen molar-refractivity contribution >= 4 is 18.2 Å². The van der Waals surface area contributed by atoms with E-state index < -0.39 is 0 Å². The van der Waals surface area contributed by atoms with Gasteiger partial charge in [-0.1, -0.05) is 60.7 Å². The van der Waals surface area contributed by atoms with Crippen LogP contribution in [0.4, 0.5) is 0 Å². The minimum absolute atomic E-state index is 1.12. The number of benzene rings is 2. The lowest BCUT2D eigenvalue weighted by Crippen LogP contribution is -2.10. The Balaban J connectivity index is 1.59. The number of fused-ring (bicyclic) bond motifs is 5. The lowest BCUT2D eigenvalue weighted by Gasteiger charge is -2.26. The maximum atomic E-state index is 4.20. The summed E-state index contributed by atoms with van der Waals surface area (Å²) in [5.74, 6) is 0. The summed E-state index contributed by atoms with van der Waals surface area (Å²) in [6.07, 6.45) is 17.3. The fraction of sp³-hybridized carbons (Fsp3) is 0.160. The highest BCUT2D eigenvalue weighted by Crippen LogP contribution is 2.39. The molecule has 26 heavy (non-hydrogen) atoms. The standard InChI is InChI=1S/C25H21N/c1-2-8-21-19(6-1)12-13-25-23-9-3-7-20(22(23)14-15-24(21)25)11-10-18-5-4-16-26-17-18/h1,3-7,9-13,16-17H,2,8,14-15H2/b11-10+. The first kappa shape index (κ1) is 15.3. The molecular weight excluding hydrogens is 314 g/mol. The number of nitrogens with zero attached hydrogens (tertiary/aromatic N) is 1. The first-order valence-electron chi connectivity index (χ1n) is 9.42. The molecule has 0 radical (unpaired) electrons. The summed E-state index contributed by atoms with van der Waals surface area (Å²) in [6, 6.07) is 15.4. The highest BCUT2D eigenvalue weighted by Gasteiger charge is 2.22. The maximum absolute atomic E-state index is 4.20. The molecule has 0 N–H and O–H groups in total. The first-order chi connectivity index (χ1) is 12.9. The lowest BCUT2D eigenvalue weighted by molar-refractivity contribution is 0.886.